The molecule has 0 radical (unpaired) electrons. The van der Waals surface area contributed by atoms with Crippen molar-refractivity contribution in [3.05, 3.63) is 46.3 Å². The number of hydrogen-bond donors (Lipinski definition) is 2. The van der Waals surface area contributed by atoms with Gasteiger partial charge in [-0.1, -0.05) is 17.7 Å². The van der Waals surface area contributed by atoms with Gasteiger partial charge in [-0.2, -0.15) is 15.4 Å². The van der Waals surface area contributed by atoms with Crippen molar-refractivity contribution >= 4 is 11.9 Å². The van der Waals surface area contributed by atoms with Gasteiger partial charge in [0.25, 0.3) is 0 Å². The van der Waals surface area contributed by atoms with Gasteiger partial charge >= 0.3 is 5.97 Å². The molecule has 0 bridgehead atoms. The number of rotatable bonds is 5. The molecule has 1 amide bonds. The molecule has 2 N–H and O–H groups in total. The van der Waals surface area contributed by atoms with Crippen LogP contribution in [0.1, 0.15) is 40.3 Å². The Morgan fingerprint density at radius 2 is 1.92 bits per heavy atom. The lowest BCUT2D eigenvalue weighted by atomic mass is 9.91. The summed E-state index contributed by atoms with van der Waals surface area (Å²) in [6.45, 7) is 7.01. The van der Waals surface area contributed by atoms with Crippen LogP contribution in [0, 0.1) is 26.7 Å². The smallest absolute Gasteiger partial charge is 0.303 e. The summed E-state index contributed by atoms with van der Waals surface area (Å²) in [5, 5.41) is 19.7. The fourth-order valence-electron chi connectivity index (χ4n) is 3.98. The molecule has 7 heteroatoms. The van der Waals surface area contributed by atoms with Crippen molar-refractivity contribution in [1.82, 2.24) is 20.3 Å². The molecule has 2 aromatic rings. The number of hydrogen-bond acceptors (Lipinski definition) is 4. The van der Waals surface area contributed by atoms with Gasteiger partial charge in [-0.15, -0.1) is 0 Å². The summed E-state index contributed by atoms with van der Waals surface area (Å²) in [7, 11) is 0. The predicted molar refractivity (Wildman–Crippen MR) is 95.8 cm³/mol. The quantitative estimate of drug-likeness (QED) is 0.853. The number of aromatic nitrogens is 3. The summed E-state index contributed by atoms with van der Waals surface area (Å²) in [6.07, 6.45) is 1.97. The number of aliphatic carboxylic acids is 1. The summed E-state index contributed by atoms with van der Waals surface area (Å²) < 4.78 is 0. The van der Waals surface area contributed by atoms with Crippen LogP contribution in [-0.2, 0) is 16.0 Å². The van der Waals surface area contributed by atoms with Crippen LogP contribution in [0.2, 0.25) is 0 Å². The molecule has 0 spiro atoms. The minimum absolute atomic E-state index is 0.0178. The van der Waals surface area contributed by atoms with E-state index in [0.717, 1.165) is 16.7 Å². The Bertz CT molecular complexity index is 793. The number of H-pyrrole nitrogens is 1. The first kappa shape index (κ1) is 18.1. The van der Waals surface area contributed by atoms with E-state index in [1.54, 1.807) is 11.1 Å². The SMILES string of the molecule is Cc1cc(C)c(CC(=O)N2C[C@@H](CC(=O)O)[C@@H](c3cn[nH]n3)C2)c(C)c1. The highest BCUT2D eigenvalue weighted by Crippen LogP contribution is 2.34. The largest absolute Gasteiger partial charge is 0.481 e. The van der Waals surface area contributed by atoms with E-state index in [1.807, 2.05) is 20.8 Å². The molecule has 0 saturated carbocycles. The molecule has 7 nitrogen and oxygen atoms in total. The summed E-state index contributed by atoms with van der Waals surface area (Å²) in [4.78, 5) is 25.9. The van der Waals surface area contributed by atoms with E-state index >= 15 is 0 Å². The molecule has 26 heavy (non-hydrogen) atoms. The lowest BCUT2D eigenvalue weighted by molar-refractivity contribution is -0.138. The van der Waals surface area contributed by atoms with Crippen LogP contribution in [0.5, 0.6) is 0 Å². The summed E-state index contributed by atoms with van der Waals surface area (Å²) in [6, 6.07) is 4.18. The fourth-order valence-corrected chi connectivity index (χ4v) is 3.98. The average molecular weight is 356 g/mol. The summed E-state index contributed by atoms with van der Waals surface area (Å²) >= 11 is 0. The number of aromatic amines is 1. The van der Waals surface area contributed by atoms with E-state index in [2.05, 4.69) is 27.5 Å². The lowest BCUT2D eigenvalue weighted by Crippen LogP contribution is -2.31. The van der Waals surface area contributed by atoms with E-state index in [9.17, 15) is 14.7 Å². The van der Waals surface area contributed by atoms with Gasteiger partial charge in [-0.05, 0) is 43.4 Å². The zero-order valence-electron chi connectivity index (χ0n) is 15.3. The maximum atomic E-state index is 12.9. The average Bonchev–Trinajstić information content (AvgIpc) is 3.19. The van der Waals surface area contributed by atoms with Crippen LogP contribution in [0.25, 0.3) is 0 Å². The van der Waals surface area contributed by atoms with E-state index in [1.165, 1.54) is 5.56 Å². The highest BCUT2D eigenvalue weighted by Gasteiger charge is 2.38. The number of nitrogens with one attached hydrogen (secondary N) is 1. The molecule has 1 saturated heterocycles. The van der Waals surface area contributed by atoms with Gasteiger partial charge in [0.1, 0.15) is 0 Å². The monoisotopic (exact) mass is 356 g/mol. The van der Waals surface area contributed by atoms with E-state index < -0.39 is 5.97 Å². The van der Waals surface area contributed by atoms with Gasteiger partial charge in [0.2, 0.25) is 5.91 Å². The zero-order valence-corrected chi connectivity index (χ0v) is 15.3. The molecular formula is C19H24N4O3. The van der Waals surface area contributed by atoms with Crippen molar-refractivity contribution in [2.24, 2.45) is 5.92 Å². The van der Waals surface area contributed by atoms with Crippen molar-refractivity contribution in [2.45, 2.75) is 39.5 Å². The van der Waals surface area contributed by atoms with E-state index in [-0.39, 0.29) is 24.2 Å². The summed E-state index contributed by atoms with van der Waals surface area (Å²) in [5.74, 6) is -1.08. The van der Waals surface area contributed by atoms with Gasteiger partial charge in [-0.3, -0.25) is 9.59 Å². The number of carboxylic acids is 1. The molecule has 1 aliphatic heterocycles. The maximum absolute atomic E-state index is 12.9. The number of benzene rings is 1. The number of carboxylic acid groups (broad SMARTS) is 1. The van der Waals surface area contributed by atoms with Crippen LogP contribution in [0.15, 0.2) is 18.3 Å². The van der Waals surface area contributed by atoms with E-state index in [0.29, 0.717) is 25.2 Å². The van der Waals surface area contributed by atoms with Crippen molar-refractivity contribution in [1.29, 1.82) is 0 Å². The first-order chi connectivity index (χ1) is 12.3. The highest BCUT2D eigenvalue weighted by molar-refractivity contribution is 5.80. The number of aryl methyl sites for hydroxylation is 3. The number of amides is 1. The first-order valence-corrected chi connectivity index (χ1v) is 8.77. The zero-order chi connectivity index (χ0) is 18.8. The third-order valence-corrected chi connectivity index (χ3v) is 5.21. The van der Waals surface area contributed by atoms with Crippen LogP contribution in [-0.4, -0.2) is 50.4 Å². The van der Waals surface area contributed by atoms with Crippen LogP contribution < -0.4 is 0 Å². The topological polar surface area (TPSA) is 99.2 Å². The molecule has 1 aromatic carbocycles. The third-order valence-electron chi connectivity index (χ3n) is 5.21. The molecular weight excluding hydrogens is 332 g/mol. The van der Waals surface area contributed by atoms with Gasteiger partial charge in [0.15, 0.2) is 0 Å². The van der Waals surface area contributed by atoms with Crippen molar-refractivity contribution in [3.63, 3.8) is 0 Å². The molecule has 1 aromatic heterocycles. The second-order valence-corrected chi connectivity index (χ2v) is 7.21. The molecule has 1 fully saturated rings. The van der Waals surface area contributed by atoms with Gasteiger partial charge in [-0.25, -0.2) is 0 Å². The Morgan fingerprint density at radius 3 is 2.50 bits per heavy atom. The van der Waals surface area contributed by atoms with Crippen LogP contribution in [0.4, 0.5) is 0 Å². The Morgan fingerprint density at radius 1 is 1.23 bits per heavy atom. The minimum Gasteiger partial charge on any atom is -0.481 e. The van der Waals surface area contributed by atoms with Gasteiger partial charge in [0, 0.05) is 19.0 Å². The highest BCUT2D eigenvalue weighted by atomic mass is 16.4. The number of likely N-dealkylation sites (tertiary alicyclic amines) is 1. The Hall–Kier alpha value is -2.70. The second-order valence-electron chi connectivity index (χ2n) is 7.21. The standard InChI is InChI=1S/C19H24N4O3/c1-11-4-12(2)15(13(3)5-11)7-18(24)23-9-14(6-19(25)26)16(10-23)17-8-20-22-21-17/h4-5,8,14,16H,6-7,9-10H2,1-3H3,(H,25,26)(H,20,21,22)/t14-,16+/m1/s1. The Labute approximate surface area is 152 Å². The van der Waals surface area contributed by atoms with Gasteiger partial charge < -0.3 is 10.0 Å². The Kier molecular flexibility index (Phi) is 5.06. The molecule has 2 heterocycles. The normalized spacial score (nSPS) is 19.7. The number of carbonyl (C=O) groups excluding carboxylic acids is 1. The van der Waals surface area contributed by atoms with Gasteiger partial charge in [0.05, 0.1) is 24.7 Å². The minimum atomic E-state index is -0.858. The molecule has 1 aliphatic rings. The van der Waals surface area contributed by atoms with Crippen LogP contribution >= 0.6 is 0 Å². The summed E-state index contributed by atoms with van der Waals surface area (Å²) in [5.41, 5.74) is 5.19. The Balaban J connectivity index is 1.77. The number of carbonyl (C=O) groups is 2. The van der Waals surface area contributed by atoms with Crippen LogP contribution in [0.3, 0.4) is 0 Å². The van der Waals surface area contributed by atoms with Crippen molar-refractivity contribution < 1.29 is 14.7 Å². The van der Waals surface area contributed by atoms with Crippen molar-refractivity contribution in [2.75, 3.05) is 13.1 Å². The fraction of sp³-hybridized carbons (Fsp3) is 0.474. The lowest BCUT2D eigenvalue weighted by Gasteiger charge is -2.18. The van der Waals surface area contributed by atoms with Crippen molar-refractivity contribution in [3.8, 4) is 0 Å². The second kappa shape index (κ2) is 7.27. The third kappa shape index (κ3) is 3.76. The molecule has 138 valence electrons. The first-order valence-electron chi connectivity index (χ1n) is 8.77. The molecule has 3 rings (SSSR count). The maximum Gasteiger partial charge on any atom is 0.303 e. The van der Waals surface area contributed by atoms with E-state index in [4.69, 9.17) is 0 Å². The number of nitrogens with zero attached hydrogens (tertiary/aromatic N) is 3. The molecule has 0 aliphatic carbocycles. The molecule has 0 unspecified atom stereocenters. The molecule has 2 atom stereocenters. The predicted octanol–water partition coefficient (Wildman–Crippen LogP) is 1.99.